The van der Waals surface area contributed by atoms with Crippen LogP contribution < -0.4 is 0 Å². The molecule has 0 aromatic carbocycles. The molecule has 408 valence electrons. The van der Waals surface area contributed by atoms with Crippen molar-refractivity contribution in [2.24, 2.45) is 0 Å². The lowest BCUT2D eigenvalue weighted by Crippen LogP contribution is -2.30. The normalized spacial score (nSPS) is 12.7. The molecule has 0 N–H and O–H groups in total. The van der Waals surface area contributed by atoms with Gasteiger partial charge in [0.2, 0.25) is 0 Å². The number of hydrogen-bond donors (Lipinski definition) is 0. The summed E-state index contributed by atoms with van der Waals surface area (Å²) in [7, 11) is 0. The second-order valence-corrected chi connectivity index (χ2v) is 19.9. The maximum atomic E-state index is 12.8. The van der Waals surface area contributed by atoms with Crippen molar-refractivity contribution in [1.29, 1.82) is 0 Å². The van der Waals surface area contributed by atoms with Crippen molar-refractivity contribution < 1.29 is 28.6 Å². The van der Waals surface area contributed by atoms with Crippen LogP contribution in [0.1, 0.15) is 290 Å². The Bertz CT molecular complexity index is 1370. The summed E-state index contributed by atoms with van der Waals surface area (Å²) in [5.74, 6) is -0.885. The van der Waals surface area contributed by atoms with Crippen molar-refractivity contribution in [3.63, 3.8) is 0 Å². The first-order valence-electron chi connectivity index (χ1n) is 30.1. The fourth-order valence-electron chi connectivity index (χ4n) is 8.38. The molecule has 0 heterocycles. The fourth-order valence-corrected chi connectivity index (χ4v) is 8.38. The molecule has 0 aromatic rings. The molecule has 0 rings (SSSR count). The van der Waals surface area contributed by atoms with E-state index in [0.29, 0.717) is 19.3 Å². The highest BCUT2D eigenvalue weighted by Crippen LogP contribution is 2.15. The maximum Gasteiger partial charge on any atom is 0.306 e. The van der Waals surface area contributed by atoms with E-state index in [1.54, 1.807) is 0 Å². The van der Waals surface area contributed by atoms with Gasteiger partial charge in [-0.2, -0.15) is 0 Å². The lowest BCUT2D eigenvalue weighted by molar-refractivity contribution is -0.167. The van der Waals surface area contributed by atoms with E-state index in [4.69, 9.17) is 14.2 Å². The zero-order valence-corrected chi connectivity index (χ0v) is 46.7. The van der Waals surface area contributed by atoms with Crippen LogP contribution in [0.5, 0.6) is 0 Å². The Kier molecular flexibility index (Phi) is 56.3. The number of esters is 3. The number of rotatable bonds is 54. The molecule has 0 aliphatic rings. The van der Waals surface area contributed by atoms with E-state index in [0.717, 1.165) is 109 Å². The Morgan fingerprint density at radius 3 is 0.873 bits per heavy atom. The third-order valence-electron chi connectivity index (χ3n) is 12.9. The molecule has 6 nitrogen and oxygen atoms in total. The minimum absolute atomic E-state index is 0.0780. The van der Waals surface area contributed by atoms with Gasteiger partial charge in [0.25, 0.3) is 0 Å². The molecule has 1 atom stereocenters. The minimum atomic E-state index is -0.779. The monoisotopic (exact) mass is 989 g/mol. The quantitative estimate of drug-likeness (QED) is 0.0261. The summed E-state index contributed by atoms with van der Waals surface area (Å²) < 4.78 is 16.8. The van der Waals surface area contributed by atoms with Crippen molar-refractivity contribution >= 4 is 17.9 Å². The molecule has 0 saturated carbocycles. The summed E-state index contributed by atoms with van der Waals surface area (Å²) in [6, 6.07) is 0. The largest absolute Gasteiger partial charge is 0.462 e. The Hall–Kier alpha value is -3.41. The van der Waals surface area contributed by atoms with Crippen molar-refractivity contribution in [2.45, 2.75) is 297 Å². The molecule has 0 aliphatic carbocycles. The summed E-state index contributed by atoms with van der Waals surface area (Å²) in [4.78, 5) is 38.1. The van der Waals surface area contributed by atoms with Gasteiger partial charge in [-0.25, -0.2) is 0 Å². The highest BCUT2D eigenvalue weighted by molar-refractivity contribution is 5.71. The van der Waals surface area contributed by atoms with Crippen LogP contribution in [-0.2, 0) is 28.6 Å². The summed E-state index contributed by atoms with van der Waals surface area (Å²) in [5, 5.41) is 0. The van der Waals surface area contributed by atoms with Crippen LogP contribution in [0.15, 0.2) is 85.1 Å². The van der Waals surface area contributed by atoms with Crippen LogP contribution in [0, 0.1) is 0 Å². The smallest absolute Gasteiger partial charge is 0.306 e. The summed E-state index contributed by atoms with van der Waals surface area (Å²) in [6.07, 6.45) is 77.3. The molecular formula is C65H112O6. The molecule has 0 saturated heterocycles. The lowest BCUT2D eigenvalue weighted by atomic mass is 10.1. The van der Waals surface area contributed by atoms with Crippen LogP contribution in [0.2, 0.25) is 0 Å². The number of carbonyl (C=O) groups excluding carboxylic acids is 3. The van der Waals surface area contributed by atoms with Crippen LogP contribution in [-0.4, -0.2) is 37.2 Å². The second-order valence-electron chi connectivity index (χ2n) is 19.9. The predicted octanol–water partition coefficient (Wildman–Crippen LogP) is 20.3. The Balaban J connectivity index is 4.21. The lowest BCUT2D eigenvalue weighted by Gasteiger charge is -2.18. The summed E-state index contributed by atoms with van der Waals surface area (Å²) in [5.41, 5.74) is 0. The SMILES string of the molecule is CC/C=C\C/C=C\C/C=C\C/C=C\C/C=C\C/C=C\CCCCCCCCCCCCC(=O)OCC(COC(=O)CCCCCCCCCCCC)OC(=O)CCCCCCC/C=C\CCCCCCC. The van der Waals surface area contributed by atoms with Crippen molar-refractivity contribution in [2.75, 3.05) is 13.2 Å². The molecule has 0 aromatic heterocycles. The maximum absolute atomic E-state index is 12.8. The van der Waals surface area contributed by atoms with Crippen molar-refractivity contribution in [3.05, 3.63) is 85.1 Å². The van der Waals surface area contributed by atoms with Gasteiger partial charge in [0.15, 0.2) is 6.10 Å². The predicted molar refractivity (Wildman–Crippen MR) is 307 cm³/mol. The molecular weight excluding hydrogens is 877 g/mol. The Morgan fingerprint density at radius 1 is 0.296 bits per heavy atom. The summed E-state index contributed by atoms with van der Waals surface area (Å²) >= 11 is 0. The first-order valence-corrected chi connectivity index (χ1v) is 30.1. The number of hydrogen-bond acceptors (Lipinski definition) is 6. The van der Waals surface area contributed by atoms with Crippen LogP contribution in [0.3, 0.4) is 0 Å². The molecule has 0 spiro atoms. The molecule has 1 unspecified atom stereocenters. The van der Waals surface area contributed by atoms with Crippen LogP contribution in [0.25, 0.3) is 0 Å². The topological polar surface area (TPSA) is 78.9 Å². The van der Waals surface area contributed by atoms with Gasteiger partial charge in [-0.1, -0.05) is 260 Å². The van der Waals surface area contributed by atoms with E-state index in [1.165, 1.54) is 141 Å². The zero-order valence-electron chi connectivity index (χ0n) is 46.7. The standard InChI is InChI=1S/C65H112O6/c1-4-7-10-13-16-19-22-24-26-27-28-29-30-31-32-33-34-35-36-37-38-39-40-42-43-46-49-52-55-58-64(67)70-61-62(60-69-63(66)57-54-51-48-45-21-18-15-12-9-6-3)71-65(68)59-56-53-50-47-44-41-25-23-20-17-14-11-8-5-2/h7,10,16,19,23-26,28-29,31-32,34-35,62H,4-6,8-9,11-15,17-18,20-22,27,30,33,36-61H2,1-3H3/b10-7-,19-16-,25-23-,26-24-,29-28-,32-31-,35-34-. The molecule has 0 radical (unpaired) electrons. The fraction of sp³-hybridized carbons (Fsp3) is 0.738. The van der Waals surface area contributed by atoms with E-state index < -0.39 is 6.10 Å². The molecule has 0 fully saturated rings. The molecule has 0 aliphatic heterocycles. The van der Waals surface area contributed by atoms with Crippen molar-refractivity contribution in [3.8, 4) is 0 Å². The first-order chi connectivity index (χ1) is 35.0. The van der Waals surface area contributed by atoms with E-state index >= 15 is 0 Å². The van der Waals surface area contributed by atoms with Gasteiger partial charge < -0.3 is 14.2 Å². The molecule has 0 amide bonds. The first kappa shape index (κ1) is 67.6. The van der Waals surface area contributed by atoms with Gasteiger partial charge in [0.1, 0.15) is 13.2 Å². The van der Waals surface area contributed by atoms with Gasteiger partial charge in [0, 0.05) is 19.3 Å². The Labute approximate surface area is 439 Å². The Morgan fingerprint density at radius 2 is 0.549 bits per heavy atom. The number of carbonyl (C=O) groups is 3. The van der Waals surface area contributed by atoms with Gasteiger partial charge in [-0.05, 0) is 96.3 Å². The van der Waals surface area contributed by atoms with Crippen molar-refractivity contribution in [1.82, 2.24) is 0 Å². The highest BCUT2D eigenvalue weighted by atomic mass is 16.6. The van der Waals surface area contributed by atoms with Crippen LogP contribution in [0.4, 0.5) is 0 Å². The van der Waals surface area contributed by atoms with E-state index in [2.05, 4.69) is 106 Å². The number of ether oxygens (including phenoxy) is 3. The minimum Gasteiger partial charge on any atom is -0.462 e. The van der Waals surface area contributed by atoms with Crippen LogP contribution >= 0.6 is 0 Å². The average molecular weight is 990 g/mol. The van der Waals surface area contributed by atoms with E-state index in [9.17, 15) is 14.4 Å². The molecule has 71 heavy (non-hydrogen) atoms. The zero-order chi connectivity index (χ0) is 51.4. The third kappa shape index (κ3) is 57.4. The number of allylic oxidation sites excluding steroid dienone is 14. The average Bonchev–Trinajstić information content (AvgIpc) is 3.37. The molecule has 0 bridgehead atoms. The van der Waals surface area contributed by atoms with E-state index in [1.807, 2.05) is 0 Å². The van der Waals surface area contributed by atoms with Gasteiger partial charge in [-0.15, -0.1) is 0 Å². The van der Waals surface area contributed by atoms with Gasteiger partial charge >= 0.3 is 17.9 Å². The summed E-state index contributed by atoms with van der Waals surface area (Å²) in [6.45, 7) is 6.51. The van der Waals surface area contributed by atoms with Gasteiger partial charge in [0.05, 0.1) is 0 Å². The number of unbranched alkanes of at least 4 members (excludes halogenated alkanes) is 29. The second kappa shape index (κ2) is 59.2. The van der Waals surface area contributed by atoms with E-state index in [-0.39, 0.29) is 31.1 Å². The third-order valence-corrected chi connectivity index (χ3v) is 12.9. The molecule has 6 heteroatoms. The highest BCUT2D eigenvalue weighted by Gasteiger charge is 2.19. The van der Waals surface area contributed by atoms with Gasteiger partial charge in [-0.3, -0.25) is 14.4 Å².